The monoisotopic (exact) mass is 328 g/mol. The van der Waals surface area contributed by atoms with Gasteiger partial charge in [0.2, 0.25) is 11.8 Å². The van der Waals surface area contributed by atoms with E-state index < -0.39 is 5.82 Å². The van der Waals surface area contributed by atoms with E-state index in [1.807, 2.05) is 24.3 Å². The summed E-state index contributed by atoms with van der Waals surface area (Å²) in [5.41, 5.74) is 2.35. The zero-order chi connectivity index (χ0) is 17.5. The van der Waals surface area contributed by atoms with Crippen LogP contribution < -0.4 is 10.2 Å². The molecule has 24 heavy (non-hydrogen) atoms. The van der Waals surface area contributed by atoms with E-state index in [-0.39, 0.29) is 24.8 Å². The molecule has 0 radical (unpaired) electrons. The molecule has 2 rings (SSSR count). The lowest BCUT2D eigenvalue weighted by molar-refractivity contribution is -0.117. The number of aryl methyl sites for hydroxylation is 1. The largest absolute Gasteiger partial charge is 0.326 e. The van der Waals surface area contributed by atoms with Gasteiger partial charge in [0.15, 0.2) is 0 Å². The molecular formula is C19H21FN2O2. The van der Waals surface area contributed by atoms with E-state index in [4.69, 9.17) is 0 Å². The van der Waals surface area contributed by atoms with Crippen LogP contribution in [0.15, 0.2) is 48.5 Å². The van der Waals surface area contributed by atoms with Gasteiger partial charge in [-0.05, 0) is 42.3 Å². The second kappa shape index (κ2) is 8.24. The third-order valence-corrected chi connectivity index (χ3v) is 3.71. The molecule has 2 amide bonds. The Morgan fingerprint density at radius 3 is 2.42 bits per heavy atom. The molecule has 0 aliphatic carbocycles. The quantitative estimate of drug-likeness (QED) is 0.877. The second-order valence-corrected chi connectivity index (χ2v) is 5.50. The first kappa shape index (κ1) is 17.7. The summed E-state index contributed by atoms with van der Waals surface area (Å²) in [5, 5.41) is 2.63. The highest BCUT2D eigenvalue weighted by molar-refractivity contribution is 5.94. The van der Waals surface area contributed by atoms with Gasteiger partial charge in [-0.3, -0.25) is 9.59 Å². The molecule has 2 aromatic carbocycles. The Morgan fingerprint density at radius 2 is 1.83 bits per heavy atom. The van der Waals surface area contributed by atoms with Crippen molar-refractivity contribution in [2.24, 2.45) is 0 Å². The molecule has 0 fully saturated rings. The van der Waals surface area contributed by atoms with E-state index in [0.29, 0.717) is 5.69 Å². The minimum atomic E-state index is -0.408. The molecule has 0 aromatic heterocycles. The highest BCUT2D eigenvalue weighted by Crippen LogP contribution is 2.17. The Morgan fingerprint density at radius 1 is 1.12 bits per heavy atom. The van der Waals surface area contributed by atoms with Crippen molar-refractivity contribution in [3.8, 4) is 0 Å². The van der Waals surface area contributed by atoms with Crippen molar-refractivity contribution in [3.63, 3.8) is 0 Å². The van der Waals surface area contributed by atoms with Crippen LogP contribution >= 0.6 is 0 Å². The summed E-state index contributed by atoms with van der Waals surface area (Å²) in [6.07, 6.45) is 1.06. The van der Waals surface area contributed by atoms with Gasteiger partial charge in [0.25, 0.3) is 0 Å². The molecule has 0 saturated heterocycles. The first-order chi connectivity index (χ1) is 11.5. The molecule has 126 valence electrons. The molecule has 0 aliphatic rings. The Labute approximate surface area is 141 Å². The lowest BCUT2D eigenvalue weighted by Crippen LogP contribution is -2.31. The Kier molecular flexibility index (Phi) is 6.07. The average molecular weight is 328 g/mol. The second-order valence-electron chi connectivity index (χ2n) is 5.50. The summed E-state index contributed by atoms with van der Waals surface area (Å²) in [7, 11) is 0. The number of nitrogens with one attached hydrogen (secondary N) is 1. The van der Waals surface area contributed by atoms with Gasteiger partial charge in [0.1, 0.15) is 5.82 Å². The van der Waals surface area contributed by atoms with Crippen LogP contribution in [0, 0.1) is 5.82 Å². The minimum absolute atomic E-state index is 0.127. The first-order valence-electron chi connectivity index (χ1n) is 7.92. The fourth-order valence-electron chi connectivity index (χ4n) is 2.38. The van der Waals surface area contributed by atoms with Crippen molar-refractivity contribution >= 4 is 23.2 Å². The van der Waals surface area contributed by atoms with Crippen LogP contribution in [0.25, 0.3) is 0 Å². The van der Waals surface area contributed by atoms with E-state index >= 15 is 0 Å². The summed E-state index contributed by atoms with van der Waals surface area (Å²) < 4.78 is 13.1. The number of carbonyl (C=O) groups excluding carboxylic acids is 2. The van der Waals surface area contributed by atoms with E-state index in [2.05, 4.69) is 12.2 Å². The van der Waals surface area contributed by atoms with Crippen molar-refractivity contribution < 1.29 is 14.0 Å². The number of hydrogen-bond donors (Lipinski definition) is 1. The summed E-state index contributed by atoms with van der Waals surface area (Å²) in [5.74, 6) is -0.802. The van der Waals surface area contributed by atoms with Crippen LogP contribution in [0.3, 0.4) is 0 Å². The maximum atomic E-state index is 13.1. The fraction of sp³-hybridized carbons (Fsp3) is 0.263. The number of hydrogen-bond acceptors (Lipinski definition) is 2. The normalized spacial score (nSPS) is 10.3. The third-order valence-electron chi connectivity index (χ3n) is 3.71. The lowest BCUT2D eigenvalue weighted by Gasteiger charge is -2.21. The lowest BCUT2D eigenvalue weighted by atomic mass is 10.1. The highest BCUT2D eigenvalue weighted by atomic mass is 19.1. The summed E-state index contributed by atoms with van der Waals surface area (Å²) in [6, 6.07) is 13.4. The summed E-state index contributed by atoms with van der Waals surface area (Å²) in [6.45, 7) is 3.80. The van der Waals surface area contributed by atoms with E-state index in [1.165, 1.54) is 30.7 Å². The van der Waals surface area contributed by atoms with Gasteiger partial charge < -0.3 is 10.2 Å². The van der Waals surface area contributed by atoms with Crippen molar-refractivity contribution in [1.82, 2.24) is 0 Å². The molecule has 0 heterocycles. The van der Waals surface area contributed by atoms with Gasteiger partial charge in [-0.15, -0.1) is 0 Å². The molecule has 5 heteroatoms. The van der Waals surface area contributed by atoms with Gasteiger partial charge in [-0.25, -0.2) is 4.39 Å². The molecule has 0 unspecified atom stereocenters. The maximum Gasteiger partial charge on any atom is 0.226 e. The van der Waals surface area contributed by atoms with Crippen molar-refractivity contribution in [3.05, 3.63) is 59.9 Å². The zero-order valence-corrected chi connectivity index (χ0v) is 13.9. The maximum absolute atomic E-state index is 13.1. The van der Waals surface area contributed by atoms with Crippen molar-refractivity contribution in [1.29, 1.82) is 0 Å². The molecule has 0 saturated carbocycles. The number of amides is 2. The van der Waals surface area contributed by atoms with Crippen molar-refractivity contribution in [2.45, 2.75) is 26.7 Å². The van der Waals surface area contributed by atoms with Crippen LogP contribution in [0.1, 0.15) is 25.8 Å². The number of carbonyl (C=O) groups is 2. The van der Waals surface area contributed by atoms with Crippen LogP contribution in [-0.4, -0.2) is 18.4 Å². The molecule has 4 nitrogen and oxygen atoms in total. The van der Waals surface area contributed by atoms with E-state index in [0.717, 1.165) is 12.1 Å². The molecule has 0 atom stereocenters. The number of anilines is 2. The van der Waals surface area contributed by atoms with Crippen LogP contribution in [0.4, 0.5) is 15.8 Å². The predicted molar refractivity (Wildman–Crippen MR) is 93.5 cm³/mol. The number of benzene rings is 2. The number of nitrogens with zero attached hydrogens (tertiary/aromatic N) is 1. The van der Waals surface area contributed by atoms with Gasteiger partial charge >= 0.3 is 0 Å². The summed E-state index contributed by atoms with van der Waals surface area (Å²) >= 11 is 0. The van der Waals surface area contributed by atoms with Gasteiger partial charge in [0, 0.05) is 31.3 Å². The topological polar surface area (TPSA) is 49.4 Å². The first-order valence-corrected chi connectivity index (χ1v) is 7.92. The van der Waals surface area contributed by atoms with Crippen LogP contribution in [0.5, 0.6) is 0 Å². The molecule has 1 N–H and O–H groups in total. The Balaban J connectivity index is 1.97. The molecular weight excluding hydrogens is 307 g/mol. The predicted octanol–water partition coefficient (Wildman–Crippen LogP) is 3.77. The van der Waals surface area contributed by atoms with Crippen LogP contribution in [-0.2, 0) is 16.0 Å². The zero-order valence-electron chi connectivity index (χ0n) is 13.9. The van der Waals surface area contributed by atoms with Gasteiger partial charge in [0.05, 0.1) is 0 Å². The smallest absolute Gasteiger partial charge is 0.226 e. The van der Waals surface area contributed by atoms with Gasteiger partial charge in [-0.2, -0.15) is 0 Å². The van der Waals surface area contributed by atoms with E-state index in [1.54, 1.807) is 11.0 Å². The molecule has 2 aromatic rings. The highest BCUT2D eigenvalue weighted by Gasteiger charge is 2.13. The molecule has 0 bridgehead atoms. The molecule has 0 aliphatic heterocycles. The fourth-order valence-corrected chi connectivity index (χ4v) is 2.38. The van der Waals surface area contributed by atoms with Crippen molar-refractivity contribution in [2.75, 3.05) is 16.8 Å². The third kappa shape index (κ3) is 4.91. The van der Waals surface area contributed by atoms with Gasteiger partial charge in [-0.1, -0.05) is 25.1 Å². The number of halogens is 1. The Hall–Kier alpha value is -2.69. The Bertz CT molecular complexity index is 714. The number of rotatable bonds is 6. The standard InChI is InChI=1S/C19H21FN2O2/c1-3-15-7-9-18(10-8-15)22(14(2)23)12-11-19(24)21-17-6-4-5-16(20)13-17/h4-10,13H,3,11-12H2,1-2H3,(H,21,24). The SMILES string of the molecule is CCc1ccc(N(CCC(=O)Nc2cccc(F)c2)C(C)=O)cc1. The average Bonchev–Trinajstić information content (AvgIpc) is 2.55. The summed E-state index contributed by atoms with van der Waals surface area (Å²) in [4.78, 5) is 25.4. The van der Waals surface area contributed by atoms with E-state index in [9.17, 15) is 14.0 Å². The van der Waals surface area contributed by atoms with Crippen LogP contribution in [0.2, 0.25) is 0 Å². The minimum Gasteiger partial charge on any atom is -0.326 e. The molecule has 0 spiro atoms.